The molecule has 0 saturated carbocycles. The summed E-state index contributed by atoms with van der Waals surface area (Å²) in [5.74, 6) is -0.354. The average molecular weight is 296 g/mol. The Hall–Kier alpha value is -2.53. The van der Waals surface area contributed by atoms with Gasteiger partial charge in [0, 0.05) is 18.0 Å². The van der Waals surface area contributed by atoms with Gasteiger partial charge in [0.15, 0.2) is 0 Å². The zero-order valence-corrected chi connectivity index (χ0v) is 12.0. The Kier molecular flexibility index (Phi) is 3.75. The van der Waals surface area contributed by atoms with Crippen molar-refractivity contribution in [1.29, 1.82) is 0 Å². The monoisotopic (exact) mass is 296 g/mol. The number of hydrogen-bond donors (Lipinski definition) is 0. The molecule has 5 heteroatoms. The van der Waals surface area contributed by atoms with E-state index < -0.39 is 0 Å². The maximum atomic E-state index is 11.8. The number of carbonyl (C=O) groups excluding carboxylic acids is 1. The van der Waals surface area contributed by atoms with Gasteiger partial charge >= 0.3 is 5.97 Å². The van der Waals surface area contributed by atoms with Crippen molar-refractivity contribution in [2.45, 2.75) is 0 Å². The van der Waals surface area contributed by atoms with E-state index in [9.17, 15) is 4.79 Å². The fourth-order valence-electron chi connectivity index (χ4n) is 1.88. The summed E-state index contributed by atoms with van der Waals surface area (Å²) in [6.07, 6.45) is 5.05. The Bertz CT molecular complexity index is 796. The molecule has 0 aliphatic rings. The third-order valence-electron chi connectivity index (χ3n) is 2.86. The van der Waals surface area contributed by atoms with Gasteiger partial charge in [0.05, 0.1) is 15.8 Å². The fourth-order valence-corrected chi connectivity index (χ4v) is 2.88. The van der Waals surface area contributed by atoms with Gasteiger partial charge < -0.3 is 4.74 Å². The zero-order chi connectivity index (χ0) is 14.7. The van der Waals surface area contributed by atoms with E-state index in [4.69, 9.17) is 4.74 Å². The SMILES string of the molecule is C=CCOC(=O)c1ccc2nc(-c3cccnc3)sc2c1. The van der Waals surface area contributed by atoms with Crippen molar-refractivity contribution in [2.24, 2.45) is 0 Å². The smallest absolute Gasteiger partial charge is 0.338 e. The van der Waals surface area contributed by atoms with Crippen LogP contribution in [0.5, 0.6) is 0 Å². The highest BCUT2D eigenvalue weighted by atomic mass is 32.1. The first-order valence-electron chi connectivity index (χ1n) is 6.37. The lowest BCUT2D eigenvalue weighted by Gasteiger charge is -2.00. The minimum atomic E-state index is -0.354. The Labute approximate surface area is 125 Å². The molecule has 0 amide bonds. The van der Waals surface area contributed by atoms with Crippen molar-refractivity contribution in [2.75, 3.05) is 6.61 Å². The number of aromatic nitrogens is 2. The number of hydrogen-bond acceptors (Lipinski definition) is 5. The zero-order valence-electron chi connectivity index (χ0n) is 11.2. The molecule has 3 rings (SSSR count). The van der Waals surface area contributed by atoms with Crippen molar-refractivity contribution in [1.82, 2.24) is 9.97 Å². The van der Waals surface area contributed by atoms with E-state index >= 15 is 0 Å². The van der Waals surface area contributed by atoms with Crippen molar-refractivity contribution < 1.29 is 9.53 Å². The first-order chi connectivity index (χ1) is 10.3. The number of thiazole rings is 1. The molecule has 2 aromatic heterocycles. The predicted octanol–water partition coefficient (Wildman–Crippen LogP) is 3.70. The third-order valence-corrected chi connectivity index (χ3v) is 3.93. The van der Waals surface area contributed by atoms with Crippen LogP contribution >= 0.6 is 11.3 Å². The fraction of sp³-hybridized carbons (Fsp3) is 0.0625. The molecule has 0 fully saturated rings. The van der Waals surface area contributed by atoms with Crippen LogP contribution in [0.4, 0.5) is 0 Å². The summed E-state index contributed by atoms with van der Waals surface area (Å²) >= 11 is 1.53. The van der Waals surface area contributed by atoms with Crippen molar-refractivity contribution in [3.05, 3.63) is 60.9 Å². The molecule has 0 N–H and O–H groups in total. The van der Waals surface area contributed by atoms with Crippen molar-refractivity contribution in [3.8, 4) is 10.6 Å². The highest BCUT2D eigenvalue weighted by molar-refractivity contribution is 7.21. The van der Waals surface area contributed by atoms with Crippen molar-refractivity contribution in [3.63, 3.8) is 0 Å². The molecule has 0 saturated heterocycles. The van der Waals surface area contributed by atoms with Crippen LogP contribution in [-0.2, 0) is 4.74 Å². The molecule has 0 aliphatic carbocycles. The number of nitrogens with zero attached hydrogens (tertiary/aromatic N) is 2. The lowest BCUT2D eigenvalue weighted by atomic mass is 10.2. The summed E-state index contributed by atoms with van der Waals surface area (Å²) in [5, 5.41) is 0.884. The number of rotatable bonds is 4. The summed E-state index contributed by atoms with van der Waals surface area (Å²) in [6.45, 7) is 3.73. The van der Waals surface area contributed by atoms with Gasteiger partial charge in [-0.3, -0.25) is 4.98 Å². The summed E-state index contributed by atoms with van der Waals surface area (Å²) in [4.78, 5) is 20.5. The normalized spacial score (nSPS) is 10.5. The van der Waals surface area contributed by atoms with Crippen LogP contribution in [0.1, 0.15) is 10.4 Å². The topological polar surface area (TPSA) is 52.1 Å². The largest absolute Gasteiger partial charge is 0.458 e. The molecule has 1 aromatic carbocycles. The van der Waals surface area contributed by atoms with E-state index in [2.05, 4.69) is 16.5 Å². The minimum absolute atomic E-state index is 0.209. The minimum Gasteiger partial charge on any atom is -0.458 e. The predicted molar refractivity (Wildman–Crippen MR) is 83.3 cm³/mol. The molecule has 3 aromatic rings. The number of fused-ring (bicyclic) bond motifs is 1. The van der Waals surface area contributed by atoms with Gasteiger partial charge in [-0.15, -0.1) is 11.3 Å². The third kappa shape index (κ3) is 2.83. The van der Waals surface area contributed by atoms with Gasteiger partial charge in [-0.25, -0.2) is 9.78 Å². The number of ether oxygens (including phenoxy) is 1. The van der Waals surface area contributed by atoms with E-state index in [1.54, 1.807) is 30.6 Å². The average Bonchev–Trinajstić information content (AvgIpc) is 2.96. The van der Waals surface area contributed by atoms with Gasteiger partial charge in [-0.1, -0.05) is 12.7 Å². The number of pyridine rings is 1. The number of benzene rings is 1. The first kappa shape index (κ1) is 13.5. The molecule has 0 bridgehead atoms. The molecule has 104 valence electrons. The summed E-state index contributed by atoms with van der Waals surface area (Å²) < 4.78 is 5.98. The quantitative estimate of drug-likeness (QED) is 0.544. The van der Waals surface area contributed by atoms with E-state index in [1.165, 1.54) is 11.3 Å². The van der Waals surface area contributed by atoms with Gasteiger partial charge in [-0.2, -0.15) is 0 Å². The molecular weight excluding hydrogens is 284 g/mol. The number of carbonyl (C=O) groups is 1. The maximum Gasteiger partial charge on any atom is 0.338 e. The Morgan fingerprint density at radius 1 is 1.38 bits per heavy atom. The van der Waals surface area contributed by atoms with Gasteiger partial charge in [0.1, 0.15) is 11.6 Å². The molecule has 0 aliphatic heterocycles. The second-order valence-electron chi connectivity index (χ2n) is 4.33. The highest BCUT2D eigenvalue weighted by Crippen LogP contribution is 2.30. The van der Waals surface area contributed by atoms with Crippen LogP contribution in [0, 0.1) is 0 Å². The Morgan fingerprint density at radius 2 is 2.29 bits per heavy atom. The van der Waals surface area contributed by atoms with Gasteiger partial charge in [-0.05, 0) is 30.3 Å². The first-order valence-corrected chi connectivity index (χ1v) is 7.18. The van der Waals surface area contributed by atoms with Gasteiger partial charge in [0.25, 0.3) is 0 Å². The highest BCUT2D eigenvalue weighted by Gasteiger charge is 2.11. The molecule has 0 atom stereocenters. The van der Waals surface area contributed by atoms with E-state index in [1.807, 2.05) is 18.2 Å². The van der Waals surface area contributed by atoms with Crippen LogP contribution in [0.2, 0.25) is 0 Å². The Morgan fingerprint density at radius 3 is 3.05 bits per heavy atom. The van der Waals surface area contributed by atoms with E-state index in [0.29, 0.717) is 5.56 Å². The van der Waals surface area contributed by atoms with Crippen LogP contribution in [-0.4, -0.2) is 22.5 Å². The van der Waals surface area contributed by atoms with Crippen LogP contribution < -0.4 is 0 Å². The van der Waals surface area contributed by atoms with Crippen molar-refractivity contribution >= 4 is 27.5 Å². The Balaban J connectivity index is 1.95. The lowest BCUT2D eigenvalue weighted by molar-refractivity contribution is 0.0550. The maximum absolute atomic E-state index is 11.8. The second kappa shape index (κ2) is 5.85. The summed E-state index contributed by atoms with van der Waals surface area (Å²) in [5.41, 5.74) is 2.35. The molecule has 2 heterocycles. The molecule has 0 radical (unpaired) electrons. The molecule has 4 nitrogen and oxygen atoms in total. The molecular formula is C16H12N2O2S. The lowest BCUT2D eigenvalue weighted by Crippen LogP contribution is -2.04. The number of esters is 1. The van der Waals surface area contributed by atoms with Crippen LogP contribution in [0.15, 0.2) is 55.4 Å². The van der Waals surface area contributed by atoms with Gasteiger partial charge in [0.2, 0.25) is 0 Å². The molecule has 0 unspecified atom stereocenters. The van der Waals surface area contributed by atoms with E-state index in [-0.39, 0.29) is 12.6 Å². The summed E-state index contributed by atoms with van der Waals surface area (Å²) in [6, 6.07) is 9.19. The second-order valence-corrected chi connectivity index (χ2v) is 5.36. The molecule has 0 spiro atoms. The standard InChI is InChI=1S/C16H12N2O2S/c1-2-8-20-16(19)11-5-6-13-14(9-11)21-15(18-13)12-4-3-7-17-10-12/h2-7,9-10H,1,8H2. The van der Waals surface area contributed by atoms with Crippen LogP contribution in [0.25, 0.3) is 20.8 Å². The van der Waals surface area contributed by atoms with E-state index in [0.717, 1.165) is 20.8 Å². The van der Waals surface area contributed by atoms with Crippen LogP contribution in [0.3, 0.4) is 0 Å². The summed E-state index contributed by atoms with van der Waals surface area (Å²) in [7, 11) is 0. The molecule has 21 heavy (non-hydrogen) atoms.